The molecule has 1 saturated heterocycles. The Labute approximate surface area is 174 Å². The number of rotatable bonds is 5. The molecule has 1 aromatic heterocycles. The molecule has 2 aromatic carbocycles. The van der Waals surface area contributed by atoms with Crippen molar-refractivity contribution < 1.29 is 9.59 Å². The Hall–Kier alpha value is -3.68. The zero-order valence-corrected chi connectivity index (χ0v) is 16.6. The first kappa shape index (κ1) is 19.6. The Kier molecular flexibility index (Phi) is 6.03. The van der Waals surface area contributed by atoms with Gasteiger partial charge in [0.25, 0.3) is 5.91 Å². The van der Waals surface area contributed by atoms with Crippen molar-refractivity contribution in [2.45, 2.75) is 25.4 Å². The van der Waals surface area contributed by atoms with Gasteiger partial charge in [-0.1, -0.05) is 30.3 Å². The van der Waals surface area contributed by atoms with Crippen LogP contribution in [0.2, 0.25) is 0 Å². The number of anilines is 1. The van der Waals surface area contributed by atoms with Crippen LogP contribution in [-0.2, 0) is 6.54 Å². The number of para-hydroxylation sites is 1. The second-order valence-corrected chi connectivity index (χ2v) is 7.32. The zero-order valence-electron chi connectivity index (χ0n) is 16.6. The van der Waals surface area contributed by atoms with E-state index in [9.17, 15) is 9.59 Å². The van der Waals surface area contributed by atoms with Gasteiger partial charge in [-0.05, 0) is 42.7 Å². The van der Waals surface area contributed by atoms with Crippen LogP contribution in [0.15, 0.2) is 67.3 Å². The fraction of sp³-hybridized carbons (Fsp3) is 0.273. The normalized spacial score (nSPS) is 14.3. The van der Waals surface area contributed by atoms with Gasteiger partial charge in [-0.25, -0.2) is 14.5 Å². The van der Waals surface area contributed by atoms with Crippen molar-refractivity contribution in [1.29, 1.82) is 0 Å². The average molecular weight is 404 g/mol. The van der Waals surface area contributed by atoms with E-state index in [0.29, 0.717) is 25.2 Å². The molecular weight excluding hydrogens is 380 g/mol. The van der Waals surface area contributed by atoms with Gasteiger partial charge in [0.1, 0.15) is 12.7 Å². The minimum absolute atomic E-state index is 0.0631. The van der Waals surface area contributed by atoms with Crippen LogP contribution in [0.4, 0.5) is 10.5 Å². The first-order valence-electron chi connectivity index (χ1n) is 10.0. The van der Waals surface area contributed by atoms with E-state index in [0.717, 1.165) is 24.1 Å². The summed E-state index contributed by atoms with van der Waals surface area (Å²) in [6, 6.07) is 16.9. The maximum atomic E-state index is 12.6. The molecule has 1 fully saturated rings. The lowest BCUT2D eigenvalue weighted by molar-refractivity contribution is 0.0919. The fourth-order valence-electron chi connectivity index (χ4n) is 3.48. The number of nitrogens with one attached hydrogen (secondary N) is 2. The van der Waals surface area contributed by atoms with Gasteiger partial charge in [-0.2, -0.15) is 5.10 Å². The highest BCUT2D eigenvalue weighted by Gasteiger charge is 2.24. The lowest BCUT2D eigenvalue weighted by Gasteiger charge is -2.32. The summed E-state index contributed by atoms with van der Waals surface area (Å²) in [5.74, 6) is -0.0884. The Morgan fingerprint density at radius 3 is 2.40 bits per heavy atom. The van der Waals surface area contributed by atoms with Crippen LogP contribution in [0.1, 0.15) is 28.8 Å². The molecule has 0 spiro atoms. The van der Waals surface area contributed by atoms with Gasteiger partial charge in [0.2, 0.25) is 0 Å². The molecule has 4 rings (SSSR count). The number of carbonyl (C=O) groups excluding carboxylic acids is 2. The van der Waals surface area contributed by atoms with Gasteiger partial charge in [-0.3, -0.25) is 4.79 Å². The molecule has 8 nitrogen and oxygen atoms in total. The number of urea groups is 1. The second-order valence-electron chi connectivity index (χ2n) is 7.32. The Morgan fingerprint density at radius 1 is 1.00 bits per heavy atom. The van der Waals surface area contributed by atoms with Gasteiger partial charge in [0, 0.05) is 30.4 Å². The van der Waals surface area contributed by atoms with E-state index in [1.807, 2.05) is 54.6 Å². The molecule has 0 saturated carbocycles. The quantitative estimate of drug-likeness (QED) is 0.684. The summed E-state index contributed by atoms with van der Waals surface area (Å²) >= 11 is 0. The number of hydrogen-bond donors (Lipinski definition) is 2. The Balaban J connectivity index is 1.24. The maximum absolute atomic E-state index is 12.6. The molecule has 0 radical (unpaired) electrons. The summed E-state index contributed by atoms with van der Waals surface area (Å²) in [5.41, 5.74) is 2.46. The maximum Gasteiger partial charge on any atom is 0.321 e. The predicted octanol–water partition coefficient (Wildman–Crippen LogP) is 2.75. The molecule has 1 aliphatic heterocycles. The smallest absolute Gasteiger partial charge is 0.321 e. The van der Waals surface area contributed by atoms with Crippen molar-refractivity contribution in [2.24, 2.45) is 0 Å². The van der Waals surface area contributed by atoms with E-state index in [1.54, 1.807) is 15.9 Å². The van der Waals surface area contributed by atoms with Crippen LogP contribution >= 0.6 is 0 Å². The number of aromatic nitrogens is 3. The van der Waals surface area contributed by atoms with Crippen LogP contribution in [-0.4, -0.2) is 50.7 Å². The van der Waals surface area contributed by atoms with E-state index in [4.69, 9.17) is 0 Å². The molecule has 154 valence electrons. The fourth-order valence-corrected chi connectivity index (χ4v) is 3.48. The first-order valence-corrected chi connectivity index (χ1v) is 10.0. The summed E-state index contributed by atoms with van der Waals surface area (Å²) in [6.45, 7) is 1.84. The molecule has 0 unspecified atom stereocenters. The van der Waals surface area contributed by atoms with Gasteiger partial charge < -0.3 is 15.5 Å². The summed E-state index contributed by atoms with van der Waals surface area (Å²) in [7, 11) is 0. The third kappa shape index (κ3) is 5.02. The molecule has 3 amide bonds. The largest absolute Gasteiger partial charge is 0.349 e. The third-order valence-corrected chi connectivity index (χ3v) is 5.17. The van der Waals surface area contributed by atoms with Crippen molar-refractivity contribution in [2.75, 3.05) is 18.4 Å². The number of nitrogens with zero attached hydrogens (tertiary/aromatic N) is 4. The summed E-state index contributed by atoms with van der Waals surface area (Å²) < 4.78 is 1.73. The molecule has 1 aliphatic rings. The highest BCUT2D eigenvalue weighted by Crippen LogP contribution is 2.14. The number of piperidine rings is 1. The minimum atomic E-state index is -0.103. The predicted molar refractivity (Wildman–Crippen MR) is 113 cm³/mol. The van der Waals surface area contributed by atoms with E-state index >= 15 is 0 Å². The van der Waals surface area contributed by atoms with Gasteiger partial charge in [0.05, 0.1) is 6.54 Å². The van der Waals surface area contributed by atoms with E-state index < -0.39 is 0 Å². The van der Waals surface area contributed by atoms with Crippen molar-refractivity contribution in [3.05, 3.63) is 78.4 Å². The van der Waals surface area contributed by atoms with Crippen LogP contribution in [0.5, 0.6) is 0 Å². The van der Waals surface area contributed by atoms with E-state index in [1.165, 1.54) is 6.33 Å². The molecule has 0 bridgehead atoms. The van der Waals surface area contributed by atoms with Crippen LogP contribution in [0, 0.1) is 0 Å². The number of carbonyl (C=O) groups is 2. The number of likely N-dealkylation sites (tertiary alicyclic amines) is 1. The summed E-state index contributed by atoms with van der Waals surface area (Å²) in [6.07, 6.45) is 4.63. The van der Waals surface area contributed by atoms with Gasteiger partial charge >= 0.3 is 6.03 Å². The van der Waals surface area contributed by atoms with E-state index in [2.05, 4.69) is 20.7 Å². The highest BCUT2D eigenvalue weighted by molar-refractivity contribution is 5.94. The molecule has 8 heteroatoms. The topological polar surface area (TPSA) is 92.2 Å². The van der Waals surface area contributed by atoms with Crippen LogP contribution in [0.3, 0.4) is 0 Å². The monoisotopic (exact) mass is 404 g/mol. The minimum Gasteiger partial charge on any atom is -0.349 e. The molecule has 0 atom stereocenters. The highest BCUT2D eigenvalue weighted by atomic mass is 16.2. The third-order valence-electron chi connectivity index (χ3n) is 5.17. The van der Waals surface area contributed by atoms with Gasteiger partial charge in [0.15, 0.2) is 0 Å². The van der Waals surface area contributed by atoms with Crippen molar-refractivity contribution in [1.82, 2.24) is 25.0 Å². The number of benzene rings is 2. The summed E-state index contributed by atoms with van der Waals surface area (Å²) in [4.78, 5) is 30.7. The number of amides is 3. The summed E-state index contributed by atoms with van der Waals surface area (Å²) in [5, 5.41) is 10.1. The molecule has 3 aromatic rings. The van der Waals surface area contributed by atoms with Crippen molar-refractivity contribution >= 4 is 17.6 Å². The average Bonchev–Trinajstić information content (AvgIpc) is 3.28. The lowest BCUT2D eigenvalue weighted by Crippen LogP contribution is -2.47. The van der Waals surface area contributed by atoms with Gasteiger partial charge in [-0.15, -0.1) is 0 Å². The molecule has 2 heterocycles. The van der Waals surface area contributed by atoms with Crippen LogP contribution < -0.4 is 10.6 Å². The molecular formula is C22H24N6O2. The molecule has 0 aliphatic carbocycles. The Morgan fingerprint density at radius 2 is 1.73 bits per heavy atom. The van der Waals surface area contributed by atoms with Crippen molar-refractivity contribution in [3.63, 3.8) is 0 Å². The van der Waals surface area contributed by atoms with Crippen LogP contribution in [0.25, 0.3) is 0 Å². The van der Waals surface area contributed by atoms with E-state index in [-0.39, 0.29) is 18.0 Å². The molecule has 2 N–H and O–H groups in total. The standard InChI is InChI=1S/C22H24N6O2/c29-21(18-8-6-17(7-9-18)14-28-16-23-15-24-28)25-20-10-12-27(13-11-20)22(30)26-19-4-2-1-3-5-19/h1-9,15-16,20H,10-14H2,(H,25,29)(H,26,30). The Bertz CT molecular complexity index is 965. The number of hydrogen-bond acceptors (Lipinski definition) is 4. The zero-order chi connectivity index (χ0) is 20.8. The second kappa shape index (κ2) is 9.21. The molecule has 30 heavy (non-hydrogen) atoms. The first-order chi connectivity index (χ1) is 14.7. The SMILES string of the molecule is O=C(NC1CCN(C(=O)Nc2ccccc2)CC1)c1ccc(Cn2cncn2)cc1. The van der Waals surface area contributed by atoms with Crippen molar-refractivity contribution in [3.8, 4) is 0 Å². The lowest BCUT2D eigenvalue weighted by atomic mass is 10.0.